The summed E-state index contributed by atoms with van der Waals surface area (Å²) in [6, 6.07) is 6.99. The average Bonchev–Trinajstić information content (AvgIpc) is 2.96. The van der Waals surface area contributed by atoms with Gasteiger partial charge < -0.3 is 9.64 Å². The summed E-state index contributed by atoms with van der Waals surface area (Å²) in [6.45, 7) is 3.80. The first-order valence-corrected chi connectivity index (χ1v) is 8.35. The van der Waals surface area contributed by atoms with E-state index < -0.39 is 0 Å². The zero-order chi connectivity index (χ0) is 16.4. The number of likely N-dealkylation sites (tertiary alicyclic amines) is 1. The second kappa shape index (κ2) is 6.60. The number of benzene rings is 1. The summed E-state index contributed by atoms with van der Waals surface area (Å²) in [4.78, 5) is 28.8. The van der Waals surface area contributed by atoms with Crippen LogP contribution in [0.15, 0.2) is 24.3 Å². The highest BCUT2D eigenvalue weighted by Crippen LogP contribution is 2.30. The normalized spacial score (nSPS) is 24.9. The molecule has 0 bridgehead atoms. The lowest BCUT2D eigenvalue weighted by molar-refractivity contribution is -0.134. The minimum atomic E-state index is -0.360. The van der Waals surface area contributed by atoms with Gasteiger partial charge in [0.1, 0.15) is 11.8 Å². The van der Waals surface area contributed by atoms with Gasteiger partial charge in [0.25, 0.3) is 0 Å². The lowest BCUT2D eigenvalue weighted by atomic mass is 9.99. The quantitative estimate of drug-likeness (QED) is 0.860. The third-order valence-electron chi connectivity index (χ3n) is 4.82. The lowest BCUT2D eigenvalue weighted by Crippen LogP contribution is -2.49. The topological polar surface area (TPSA) is 49.9 Å². The molecule has 2 unspecified atom stereocenters. The number of methoxy groups -OCH3 is 1. The van der Waals surface area contributed by atoms with Crippen LogP contribution in [-0.2, 0) is 9.59 Å². The van der Waals surface area contributed by atoms with Crippen molar-refractivity contribution >= 4 is 17.5 Å². The highest BCUT2D eigenvalue weighted by Gasteiger charge is 2.39. The van der Waals surface area contributed by atoms with Gasteiger partial charge in [0, 0.05) is 25.2 Å². The Morgan fingerprint density at radius 1 is 1.22 bits per heavy atom. The number of amides is 2. The molecular formula is C18H24N2O3. The fraction of sp³-hybridized carbons (Fsp3) is 0.556. The summed E-state index contributed by atoms with van der Waals surface area (Å²) < 4.78 is 5.16. The van der Waals surface area contributed by atoms with Gasteiger partial charge in [-0.2, -0.15) is 0 Å². The standard InChI is InChI=1S/C18H24N2O3/c1-13-4-3-11-19(12-13)18(22)16-9-10-17(21)20(16)14-5-7-15(23-2)8-6-14/h5-8,13,16H,3-4,9-12H2,1-2H3. The molecule has 3 rings (SSSR count). The number of hydrogen-bond donors (Lipinski definition) is 0. The molecule has 5 heteroatoms. The number of hydrogen-bond acceptors (Lipinski definition) is 3. The van der Waals surface area contributed by atoms with Crippen LogP contribution in [0.4, 0.5) is 5.69 Å². The van der Waals surface area contributed by atoms with E-state index in [0.717, 1.165) is 30.9 Å². The van der Waals surface area contributed by atoms with E-state index in [1.54, 1.807) is 12.0 Å². The van der Waals surface area contributed by atoms with Crippen LogP contribution in [0.5, 0.6) is 5.75 Å². The molecule has 124 valence electrons. The molecule has 23 heavy (non-hydrogen) atoms. The molecule has 2 aliphatic heterocycles. The highest BCUT2D eigenvalue weighted by molar-refractivity contribution is 6.03. The van der Waals surface area contributed by atoms with Crippen molar-refractivity contribution < 1.29 is 14.3 Å². The first-order chi connectivity index (χ1) is 11.1. The lowest BCUT2D eigenvalue weighted by Gasteiger charge is -2.35. The molecule has 1 aromatic carbocycles. The van der Waals surface area contributed by atoms with Crippen LogP contribution >= 0.6 is 0 Å². The Morgan fingerprint density at radius 2 is 1.96 bits per heavy atom. The molecule has 0 saturated carbocycles. The van der Waals surface area contributed by atoms with Crippen molar-refractivity contribution in [1.29, 1.82) is 0 Å². The van der Waals surface area contributed by atoms with Crippen molar-refractivity contribution in [3.05, 3.63) is 24.3 Å². The van der Waals surface area contributed by atoms with E-state index in [2.05, 4.69) is 6.92 Å². The van der Waals surface area contributed by atoms with Crippen molar-refractivity contribution in [2.45, 2.75) is 38.6 Å². The second-order valence-corrected chi connectivity index (χ2v) is 6.55. The van der Waals surface area contributed by atoms with Crippen molar-refractivity contribution in [2.75, 3.05) is 25.1 Å². The molecule has 1 aromatic rings. The Balaban J connectivity index is 1.79. The summed E-state index contributed by atoms with van der Waals surface area (Å²) in [7, 11) is 1.61. The Labute approximate surface area is 137 Å². The van der Waals surface area contributed by atoms with E-state index in [1.165, 1.54) is 6.42 Å². The Hall–Kier alpha value is -2.04. The molecule has 2 aliphatic rings. The number of carbonyl (C=O) groups excluding carboxylic acids is 2. The second-order valence-electron chi connectivity index (χ2n) is 6.55. The molecular weight excluding hydrogens is 292 g/mol. The summed E-state index contributed by atoms with van der Waals surface area (Å²) in [5, 5.41) is 0. The van der Waals surface area contributed by atoms with Crippen LogP contribution in [0.25, 0.3) is 0 Å². The summed E-state index contributed by atoms with van der Waals surface area (Å²) >= 11 is 0. The third kappa shape index (κ3) is 3.19. The SMILES string of the molecule is COc1ccc(N2C(=O)CCC2C(=O)N2CCCC(C)C2)cc1. The molecule has 2 atom stereocenters. The Bertz CT molecular complexity index is 584. The maximum Gasteiger partial charge on any atom is 0.245 e. The minimum Gasteiger partial charge on any atom is -0.497 e. The number of anilines is 1. The van der Waals surface area contributed by atoms with Gasteiger partial charge in [-0.3, -0.25) is 14.5 Å². The van der Waals surface area contributed by atoms with Gasteiger partial charge in [0.2, 0.25) is 11.8 Å². The Morgan fingerprint density at radius 3 is 2.61 bits per heavy atom. The van der Waals surface area contributed by atoms with Gasteiger partial charge >= 0.3 is 0 Å². The average molecular weight is 316 g/mol. The summed E-state index contributed by atoms with van der Waals surface area (Å²) in [6.07, 6.45) is 3.27. The van der Waals surface area contributed by atoms with Crippen LogP contribution < -0.4 is 9.64 Å². The summed E-state index contributed by atoms with van der Waals surface area (Å²) in [5.74, 6) is 1.41. The predicted molar refractivity (Wildman–Crippen MR) is 88.5 cm³/mol. The molecule has 2 fully saturated rings. The minimum absolute atomic E-state index is 0.0265. The van der Waals surface area contributed by atoms with E-state index in [-0.39, 0.29) is 17.9 Å². The van der Waals surface area contributed by atoms with Gasteiger partial charge in [0.05, 0.1) is 7.11 Å². The Kier molecular flexibility index (Phi) is 4.55. The van der Waals surface area contributed by atoms with Crippen LogP contribution in [-0.4, -0.2) is 43.0 Å². The zero-order valence-corrected chi connectivity index (χ0v) is 13.8. The number of rotatable bonds is 3. The maximum absolute atomic E-state index is 12.9. The first kappa shape index (κ1) is 15.8. The van der Waals surface area contributed by atoms with Gasteiger partial charge in [0.15, 0.2) is 0 Å². The molecule has 0 N–H and O–H groups in total. The molecule has 0 aromatic heterocycles. The molecule has 0 radical (unpaired) electrons. The van der Waals surface area contributed by atoms with Crippen molar-refractivity contribution in [1.82, 2.24) is 4.90 Å². The predicted octanol–water partition coefficient (Wildman–Crippen LogP) is 2.45. The molecule has 2 amide bonds. The fourth-order valence-corrected chi connectivity index (χ4v) is 3.58. The van der Waals surface area contributed by atoms with E-state index in [0.29, 0.717) is 18.8 Å². The van der Waals surface area contributed by atoms with Crippen molar-refractivity contribution in [3.8, 4) is 5.75 Å². The van der Waals surface area contributed by atoms with Gasteiger partial charge in [-0.15, -0.1) is 0 Å². The van der Waals surface area contributed by atoms with Crippen LogP contribution in [0.2, 0.25) is 0 Å². The van der Waals surface area contributed by atoms with Crippen LogP contribution in [0.3, 0.4) is 0 Å². The first-order valence-electron chi connectivity index (χ1n) is 8.35. The fourth-order valence-electron chi connectivity index (χ4n) is 3.58. The molecule has 0 spiro atoms. The van der Waals surface area contributed by atoms with Crippen LogP contribution in [0.1, 0.15) is 32.6 Å². The van der Waals surface area contributed by atoms with Crippen LogP contribution in [0, 0.1) is 5.92 Å². The van der Waals surface area contributed by atoms with E-state index in [1.807, 2.05) is 29.2 Å². The van der Waals surface area contributed by atoms with Gasteiger partial charge in [-0.25, -0.2) is 0 Å². The molecule has 0 aliphatic carbocycles. The number of ether oxygens (including phenoxy) is 1. The highest BCUT2D eigenvalue weighted by atomic mass is 16.5. The largest absolute Gasteiger partial charge is 0.497 e. The molecule has 5 nitrogen and oxygen atoms in total. The van der Waals surface area contributed by atoms with Crippen molar-refractivity contribution in [2.24, 2.45) is 5.92 Å². The monoisotopic (exact) mass is 316 g/mol. The van der Waals surface area contributed by atoms with E-state index in [4.69, 9.17) is 4.74 Å². The number of piperidine rings is 1. The maximum atomic E-state index is 12.9. The van der Waals surface area contributed by atoms with Gasteiger partial charge in [-0.05, 0) is 49.4 Å². The van der Waals surface area contributed by atoms with Crippen molar-refractivity contribution in [3.63, 3.8) is 0 Å². The van der Waals surface area contributed by atoms with Gasteiger partial charge in [-0.1, -0.05) is 6.92 Å². The smallest absolute Gasteiger partial charge is 0.245 e. The van der Waals surface area contributed by atoms with E-state index in [9.17, 15) is 9.59 Å². The van der Waals surface area contributed by atoms with E-state index >= 15 is 0 Å². The summed E-state index contributed by atoms with van der Waals surface area (Å²) in [5.41, 5.74) is 0.775. The molecule has 2 saturated heterocycles. The number of nitrogens with zero attached hydrogens (tertiary/aromatic N) is 2. The third-order valence-corrected chi connectivity index (χ3v) is 4.82. The zero-order valence-electron chi connectivity index (χ0n) is 13.8. The number of carbonyl (C=O) groups is 2. The molecule has 2 heterocycles.